The molecule has 2 aliphatic heterocycles. The number of rotatable bonds is 3. The molecule has 2 heterocycles. The molecule has 3 aromatic carbocycles. The van der Waals surface area contributed by atoms with Crippen LogP contribution in [0.2, 0.25) is 0 Å². The molecule has 2 aliphatic rings. The molecular weight excluding hydrogens is 368 g/mol. The van der Waals surface area contributed by atoms with E-state index in [0.29, 0.717) is 6.04 Å². The number of nitrogens with zero attached hydrogens (tertiary/aromatic N) is 2. The standard InChI is InChI=1S/C27H28N2O/c30-27(24-12-10-23(11-13-24)21-6-2-1-3-7-21)28-18-15-26(16-19-28)29-17-14-22-8-4-5-9-25(22)20-29/h1-13,26H,14-20H2. The molecule has 0 aromatic heterocycles. The molecule has 0 aliphatic carbocycles. The van der Waals surface area contributed by atoms with Gasteiger partial charge in [-0.3, -0.25) is 9.69 Å². The van der Waals surface area contributed by atoms with Crippen LogP contribution in [0.4, 0.5) is 0 Å². The largest absolute Gasteiger partial charge is 0.339 e. The number of benzene rings is 3. The number of piperidine rings is 1. The van der Waals surface area contributed by atoms with Crippen LogP contribution in [0.5, 0.6) is 0 Å². The molecule has 3 aromatic rings. The van der Waals surface area contributed by atoms with Gasteiger partial charge in [0.2, 0.25) is 0 Å². The summed E-state index contributed by atoms with van der Waals surface area (Å²) in [5.74, 6) is 0.164. The number of carbonyl (C=O) groups excluding carboxylic acids is 1. The first-order valence-corrected chi connectivity index (χ1v) is 11.0. The summed E-state index contributed by atoms with van der Waals surface area (Å²) in [4.78, 5) is 17.7. The minimum absolute atomic E-state index is 0.164. The summed E-state index contributed by atoms with van der Waals surface area (Å²) in [6, 6.07) is 27.8. The number of fused-ring (bicyclic) bond motifs is 1. The molecule has 0 saturated carbocycles. The van der Waals surface area contributed by atoms with Crippen LogP contribution in [0.3, 0.4) is 0 Å². The molecule has 1 amide bonds. The highest BCUT2D eigenvalue weighted by Crippen LogP contribution is 2.26. The van der Waals surface area contributed by atoms with Gasteiger partial charge in [-0.15, -0.1) is 0 Å². The van der Waals surface area contributed by atoms with Crippen LogP contribution < -0.4 is 0 Å². The predicted molar refractivity (Wildman–Crippen MR) is 121 cm³/mol. The first-order valence-electron chi connectivity index (χ1n) is 11.0. The zero-order valence-corrected chi connectivity index (χ0v) is 17.3. The van der Waals surface area contributed by atoms with Crippen LogP contribution in [0, 0.1) is 0 Å². The van der Waals surface area contributed by atoms with E-state index >= 15 is 0 Å². The third-order valence-electron chi connectivity index (χ3n) is 6.67. The Morgan fingerprint density at radius 1 is 0.700 bits per heavy atom. The van der Waals surface area contributed by atoms with E-state index in [0.717, 1.165) is 56.6 Å². The molecule has 3 nitrogen and oxygen atoms in total. The van der Waals surface area contributed by atoms with Gasteiger partial charge in [-0.25, -0.2) is 0 Å². The van der Waals surface area contributed by atoms with Crippen LogP contribution in [0.25, 0.3) is 11.1 Å². The van der Waals surface area contributed by atoms with Gasteiger partial charge in [-0.1, -0.05) is 66.7 Å². The zero-order chi connectivity index (χ0) is 20.3. The highest BCUT2D eigenvalue weighted by molar-refractivity contribution is 5.94. The average Bonchev–Trinajstić information content (AvgIpc) is 2.84. The molecule has 0 N–H and O–H groups in total. The summed E-state index contributed by atoms with van der Waals surface area (Å²) < 4.78 is 0. The average molecular weight is 397 g/mol. The molecule has 0 atom stereocenters. The van der Waals surface area contributed by atoms with E-state index in [4.69, 9.17) is 0 Å². The minimum atomic E-state index is 0.164. The predicted octanol–water partition coefficient (Wildman–Crippen LogP) is 5.02. The summed E-state index contributed by atoms with van der Waals surface area (Å²) in [6.07, 6.45) is 3.27. The Kier molecular flexibility index (Phi) is 5.37. The quantitative estimate of drug-likeness (QED) is 0.621. The number of amides is 1. The fourth-order valence-corrected chi connectivity index (χ4v) is 4.88. The van der Waals surface area contributed by atoms with Crippen LogP contribution in [0.15, 0.2) is 78.9 Å². The van der Waals surface area contributed by atoms with Gasteiger partial charge in [-0.05, 0) is 53.6 Å². The zero-order valence-electron chi connectivity index (χ0n) is 17.3. The minimum Gasteiger partial charge on any atom is -0.339 e. The maximum atomic E-state index is 13.0. The number of hydrogen-bond donors (Lipinski definition) is 0. The lowest BCUT2D eigenvalue weighted by Gasteiger charge is -2.40. The summed E-state index contributed by atoms with van der Waals surface area (Å²) in [7, 11) is 0. The SMILES string of the molecule is O=C(c1ccc(-c2ccccc2)cc1)N1CCC(N2CCc3ccccc3C2)CC1. The number of carbonyl (C=O) groups is 1. The van der Waals surface area contributed by atoms with E-state index in [1.165, 1.54) is 16.7 Å². The first kappa shape index (κ1) is 19.1. The van der Waals surface area contributed by atoms with Crippen molar-refractivity contribution in [2.75, 3.05) is 19.6 Å². The van der Waals surface area contributed by atoms with Crippen molar-refractivity contribution in [2.45, 2.75) is 31.8 Å². The Bertz CT molecular complexity index is 1000. The van der Waals surface area contributed by atoms with Crippen LogP contribution in [0.1, 0.15) is 34.3 Å². The smallest absolute Gasteiger partial charge is 0.253 e. The Hall–Kier alpha value is -2.91. The molecule has 5 rings (SSSR count). The fourth-order valence-electron chi connectivity index (χ4n) is 4.88. The molecule has 3 heteroatoms. The summed E-state index contributed by atoms with van der Waals surface area (Å²) in [6.45, 7) is 3.89. The van der Waals surface area contributed by atoms with Crippen molar-refractivity contribution in [3.63, 3.8) is 0 Å². The Morgan fingerprint density at radius 3 is 2.07 bits per heavy atom. The molecule has 0 radical (unpaired) electrons. The highest BCUT2D eigenvalue weighted by atomic mass is 16.2. The fraction of sp³-hybridized carbons (Fsp3) is 0.296. The molecule has 152 valence electrons. The molecular formula is C27H28N2O. The Morgan fingerprint density at radius 2 is 1.33 bits per heavy atom. The Labute approximate surface area is 178 Å². The topological polar surface area (TPSA) is 23.6 Å². The lowest BCUT2D eigenvalue weighted by atomic mass is 9.95. The van der Waals surface area contributed by atoms with E-state index in [1.54, 1.807) is 0 Å². The second kappa shape index (κ2) is 8.45. The molecule has 1 saturated heterocycles. The summed E-state index contributed by atoms with van der Waals surface area (Å²) in [5, 5.41) is 0. The maximum Gasteiger partial charge on any atom is 0.253 e. The van der Waals surface area contributed by atoms with Gasteiger partial charge < -0.3 is 4.90 Å². The lowest BCUT2D eigenvalue weighted by Crippen LogP contribution is -2.48. The third-order valence-corrected chi connectivity index (χ3v) is 6.67. The molecule has 0 unspecified atom stereocenters. The van der Waals surface area contributed by atoms with Crippen molar-refractivity contribution in [1.82, 2.24) is 9.80 Å². The van der Waals surface area contributed by atoms with Gasteiger partial charge in [0.05, 0.1) is 0 Å². The van der Waals surface area contributed by atoms with E-state index in [-0.39, 0.29) is 5.91 Å². The van der Waals surface area contributed by atoms with Crippen LogP contribution in [-0.2, 0) is 13.0 Å². The number of hydrogen-bond acceptors (Lipinski definition) is 2. The van der Waals surface area contributed by atoms with Gasteiger partial charge in [-0.2, -0.15) is 0 Å². The highest BCUT2D eigenvalue weighted by Gasteiger charge is 2.29. The normalized spacial score (nSPS) is 17.5. The second-order valence-electron chi connectivity index (χ2n) is 8.46. The summed E-state index contributed by atoms with van der Waals surface area (Å²) in [5.41, 5.74) is 6.10. The van der Waals surface area contributed by atoms with Crippen molar-refractivity contribution >= 4 is 5.91 Å². The van der Waals surface area contributed by atoms with E-state index in [9.17, 15) is 4.79 Å². The van der Waals surface area contributed by atoms with Crippen molar-refractivity contribution in [3.8, 4) is 11.1 Å². The number of likely N-dealkylation sites (tertiary alicyclic amines) is 1. The van der Waals surface area contributed by atoms with Gasteiger partial charge in [0, 0.05) is 37.8 Å². The van der Waals surface area contributed by atoms with Gasteiger partial charge in [0.15, 0.2) is 0 Å². The van der Waals surface area contributed by atoms with Crippen LogP contribution in [-0.4, -0.2) is 41.4 Å². The van der Waals surface area contributed by atoms with Crippen molar-refractivity contribution in [1.29, 1.82) is 0 Å². The van der Waals surface area contributed by atoms with E-state index in [1.807, 2.05) is 35.2 Å². The van der Waals surface area contributed by atoms with Crippen LogP contribution >= 0.6 is 0 Å². The molecule has 0 bridgehead atoms. The first-order chi connectivity index (χ1) is 14.8. The van der Waals surface area contributed by atoms with Crippen molar-refractivity contribution < 1.29 is 4.79 Å². The molecule has 1 fully saturated rings. The van der Waals surface area contributed by atoms with Gasteiger partial charge >= 0.3 is 0 Å². The Balaban J connectivity index is 1.19. The second-order valence-corrected chi connectivity index (χ2v) is 8.46. The maximum absolute atomic E-state index is 13.0. The van der Waals surface area contributed by atoms with E-state index < -0.39 is 0 Å². The van der Waals surface area contributed by atoms with Gasteiger partial charge in [0.1, 0.15) is 0 Å². The monoisotopic (exact) mass is 396 g/mol. The van der Waals surface area contributed by atoms with Crippen molar-refractivity contribution in [2.24, 2.45) is 0 Å². The lowest BCUT2D eigenvalue weighted by molar-refractivity contribution is 0.0599. The molecule has 0 spiro atoms. The van der Waals surface area contributed by atoms with E-state index in [2.05, 4.69) is 53.4 Å². The van der Waals surface area contributed by atoms with Gasteiger partial charge in [0.25, 0.3) is 5.91 Å². The van der Waals surface area contributed by atoms with Crippen molar-refractivity contribution in [3.05, 3.63) is 95.6 Å². The summed E-state index contributed by atoms with van der Waals surface area (Å²) >= 11 is 0. The third kappa shape index (κ3) is 3.90. The molecule has 30 heavy (non-hydrogen) atoms.